The van der Waals surface area contributed by atoms with E-state index in [1.807, 2.05) is 43.3 Å². The normalized spacial score (nSPS) is 10.2. The Kier molecular flexibility index (Phi) is 3.78. The fraction of sp³-hybridized carbons (Fsp3) is 0.200. The molecular formula is C15H15ClO2. The molecule has 0 spiro atoms. The van der Waals surface area contributed by atoms with Crippen LogP contribution in [-0.2, 0) is 0 Å². The van der Waals surface area contributed by atoms with Gasteiger partial charge in [0.25, 0.3) is 0 Å². The largest absolute Gasteiger partial charge is 0.493 e. The number of aryl methyl sites for hydroxylation is 1. The van der Waals surface area contributed by atoms with Gasteiger partial charge in [0.1, 0.15) is 0 Å². The first-order valence-corrected chi connectivity index (χ1v) is 6.03. The third kappa shape index (κ3) is 2.16. The van der Waals surface area contributed by atoms with Crippen molar-refractivity contribution in [2.24, 2.45) is 0 Å². The average molecular weight is 263 g/mol. The number of hydrogen-bond acceptors (Lipinski definition) is 2. The van der Waals surface area contributed by atoms with Gasteiger partial charge in [-0.2, -0.15) is 0 Å². The standard InChI is InChI=1S/C15H15ClO2/c1-10-6-4-5-7-11(10)14-12(16)8-9-13(17-2)15(14)18-3/h4-9H,1-3H3. The van der Waals surface area contributed by atoms with E-state index in [0.717, 1.165) is 16.7 Å². The molecule has 0 atom stereocenters. The highest BCUT2D eigenvalue weighted by Crippen LogP contribution is 2.43. The molecular weight excluding hydrogens is 248 g/mol. The molecule has 2 aromatic rings. The summed E-state index contributed by atoms with van der Waals surface area (Å²) in [5.41, 5.74) is 3.07. The summed E-state index contributed by atoms with van der Waals surface area (Å²) >= 11 is 6.31. The first kappa shape index (κ1) is 12.8. The molecule has 0 bridgehead atoms. The van der Waals surface area contributed by atoms with E-state index >= 15 is 0 Å². The third-order valence-corrected chi connectivity index (χ3v) is 3.22. The SMILES string of the molecule is COc1ccc(Cl)c(-c2ccccc2C)c1OC. The maximum absolute atomic E-state index is 6.31. The lowest BCUT2D eigenvalue weighted by molar-refractivity contribution is 0.356. The van der Waals surface area contributed by atoms with Crippen molar-refractivity contribution in [3.63, 3.8) is 0 Å². The van der Waals surface area contributed by atoms with Crippen LogP contribution in [0.2, 0.25) is 5.02 Å². The number of hydrogen-bond donors (Lipinski definition) is 0. The van der Waals surface area contributed by atoms with Gasteiger partial charge in [0.2, 0.25) is 0 Å². The van der Waals surface area contributed by atoms with Crippen molar-refractivity contribution in [2.75, 3.05) is 14.2 Å². The molecule has 0 unspecified atom stereocenters. The molecule has 0 N–H and O–H groups in total. The van der Waals surface area contributed by atoms with E-state index in [1.54, 1.807) is 14.2 Å². The van der Waals surface area contributed by atoms with E-state index in [2.05, 4.69) is 0 Å². The summed E-state index contributed by atoms with van der Waals surface area (Å²) in [6.45, 7) is 2.05. The number of ether oxygens (including phenoxy) is 2. The monoisotopic (exact) mass is 262 g/mol. The van der Waals surface area contributed by atoms with Gasteiger partial charge in [-0.3, -0.25) is 0 Å². The summed E-state index contributed by atoms with van der Waals surface area (Å²) in [5.74, 6) is 1.35. The van der Waals surface area contributed by atoms with E-state index in [9.17, 15) is 0 Å². The molecule has 0 saturated heterocycles. The van der Waals surface area contributed by atoms with Crippen molar-refractivity contribution in [1.29, 1.82) is 0 Å². The molecule has 0 aliphatic rings. The van der Waals surface area contributed by atoms with Crippen LogP contribution in [0.1, 0.15) is 5.56 Å². The van der Waals surface area contributed by atoms with Gasteiger partial charge in [-0.15, -0.1) is 0 Å². The van der Waals surface area contributed by atoms with Gasteiger partial charge < -0.3 is 9.47 Å². The highest BCUT2D eigenvalue weighted by Gasteiger charge is 2.16. The van der Waals surface area contributed by atoms with E-state index in [0.29, 0.717) is 16.5 Å². The minimum absolute atomic E-state index is 0.655. The lowest BCUT2D eigenvalue weighted by atomic mass is 9.99. The zero-order valence-corrected chi connectivity index (χ0v) is 11.4. The van der Waals surface area contributed by atoms with Crippen LogP contribution in [0.3, 0.4) is 0 Å². The highest BCUT2D eigenvalue weighted by molar-refractivity contribution is 6.33. The molecule has 0 amide bonds. The second-order valence-electron chi connectivity index (χ2n) is 3.97. The molecule has 0 aliphatic heterocycles. The van der Waals surface area contributed by atoms with Gasteiger partial charge in [-0.1, -0.05) is 35.9 Å². The number of rotatable bonds is 3. The second kappa shape index (κ2) is 5.32. The predicted molar refractivity (Wildman–Crippen MR) is 74.7 cm³/mol. The van der Waals surface area contributed by atoms with Crippen molar-refractivity contribution >= 4 is 11.6 Å². The molecule has 2 aromatic carbocycles. The maximum atomic E-state index is 6.31. The first-order chi connectivity index (χ1) is 8.69. The summed E-state index contributed by atoms with van der Waals surface area (Å²) in [5, 5.41) is 0.655. The van der Waals surface area contributed by atoms with E-state index in [1.165, 1.54) is 0 Å². The Labute approximate surface area is 112 Å². The van der Waals surface area contributed by atoms with Crippen LogP contribution in [0.4, 0.5) is 0 Å². The molecule has 94 valence electrons. The minimum atomic E-state index is 0.655. The van der Waals surface area contributed by atoms with Gasteiger partial charge in [0.05, 0.1) is 19.2 Å². The van der Waals surface area contributed by atoms with Crippen LogP contribution in [0, 0.1) is 6.92 Å². The molecule has 0 aromatic heterocycles. The van der Waals surface area contributed by atoms with Gasteiger partial charge in [0.15, 0.2) is 11.5 Å². The van der Waals surface area contributed by atoms with Crippen LogP contribution >= 0.6 is 11.6 Å². The molecule has 2 nitrogen and oxygen atoms in total. The molecule has 18 heavy (non-hydrogen) atoms. The molecule has 0 heterocycles. The highest BCUT2D eigenvalue weighted by atomic mass is 35.5. The molecule has 0 fully saturated rings. The quantitative estimate of drug-likeness (QED) is 0.820. The lowest BCUT2D eigenvalue weighted by Crippen LogP contribution is -1.95. The smallest absolute Gasteiger partial charge is 0.170 e. The zero-order chi connectivity index (χ0) is 13.1. The number of halogens is 1. The lowest BCUT2D eigenvalue weighted by Gasteiger charge is -2.15. The molecule has 0 aliphatic carbocycles. The average Bonchev–Trinajstić information content (AvgIpc) is 2.39. The van der Waals surface area contributed by atoms with Crippen molar-refractivity contribution < 1.29 is 9.47 Å². The molecule has 2 rings (SSSR count). The van der Waals surface area contributed by atoms with E-state index < -0.39 is 0 Å². The van der Waals surface area contributed by atoms with Crippen molar-refractivity contribution in [3.8, 4) is 22.6 Å². The Morgan fingerprint density at radius 3 is 2.28 bits per heavy atom. The van der Waals surface area contributed by atoms with Crippen LogP contribution in [-0.4, -0.2) is 14.2 Å². The fourth-order valence-corrected chi connectivity index (χ4v) is 2.26. The molecule has 0 radical (unpaired) electrons. The maximum Gasteiger partial charge on any atom is 0.170 e. The van der Waals surface area contributed by atoms with Gasteiger partial charge >= 0.3 is 0 Å². The van der Waals surface area contributed by atoms with Crippen molar-refractivity contribution in [3.05, 3.63) is 47.0 Å². The van der Waals surface area contributed by atoms with Gasteiger partial charge in [-0.25, -0.2) is 0 Å². The summed E-state index contributed by atoms with van der Waals surface area (Å²) in [4.78, 5) is 0. The minimum Gasteiger partial charge on any atom is -0.493 e. The summed E-state index contributed by atoms with van der Waals surface area (Å²) in [7, 11) is 3.24. The van der Waals surface area contributed by atoms with Gasteiger partial charge in [0, 0.05) is 5.56 Å². The van der Waals surface area contributed by atoms with Crippen LogP contribution in [0.5, 0.6) is 11.5 Å². The summed E-state index contributed by atoms with van der Waals surface area (Å²) < 4.78 is 10.8. The van der Waals surface area contributed by atoms with E-state index in [-0.39, 0.29) is 0 Å². The van der Waals surface area contributed by atoms with E-state index in [4.69, 9.17) is 21.1 Å². The Bertz CT molecular complexity index is 564. The summed E-state index contributed by atoms with van der Waals surface area (Å²) in [6, 6.07) is 11.7. The van der Waals surface area contributed by atoms with Crippen LogP contribution in [0.25, 0.3) is 11.1 Å². The summed E-state index contributed by atoms with van der Waals surface area (Å²) in [6.07, 6.45) is 0. The second-order valence-corrected chi connectivity index (χ2v) is 4.38. The van der Waals surface area contributed by atoms with Crippen molar-refractivity contribution in [1.82, 2.24) is 0 Å². The first-order valence-electron chi connectivity index (χ1n) is 5.65. The zero-order valence-electron chi connectivity index (χ0n) is 10.7. The Balaban J connectivity index is 2.74. The Morgan fingerprint density at radius 2 is 1.67 bits per heavy atom. The fourth-order valence-electron chi connectivity index (χ4n) is 2.01. The van der Waals surface area contributed by atoms with Crippen molar-refractivity contribution in [2.45, 2.75) is 6.92 Å². The Morgan fingerprint density at radius 1 is 0.944 bits per heavy atom. The molecule has 0 saturated carbocycles. The third-order valence-electron chi connectivity index (χ3n) is 2.91. The Hall–Kier alpha value is -1.67. The molecule has 3 heteroatoms. The predicted octanol–water partition coefficient (Wildman–Crippen LogP) is 4.33. The van der Waals surface area contributed by atoms with Gasteiger partial charge in [-0.05, 0) is 30.2 Å². The van der Waals surface area contributed by atoms with Crippen LogP contribution in [0.15, 0.2) is 36.4 Å². The van der Waals surface area contributed by atoms with Crippen LogP contribution < -0.4 is 9.47 Å². The topological polar surface area (TPSA) is 18.5 Å². The number of methoxy groups -OCH3 is 2. The number of benzene rings is 2.